The highest BCUT2D eigenvalue weighted by molar-refractivity contribution is 5.87. The van der Waals surface area contributed by atoms with Crippen LogP contribution in [-0.4, -0.2) is 29.2 Å². The largest absolute Gasteiger partial charge is 0.494 e. The average Bonchev–Trinajstić information content (AvgIpc) is 2.70. The van der Waals surface area contributed by atoms with Gasteiger partial charge in [0.2, 0.25) is 0 Å². The molecule has 3 rings (SSSR count). The second-order valence-electron chi connectivity index (χ2n) is 6.46. The number of carbonyl (C=O) groups excluding carboxylic acids is 1. The van der Waals surface area contributed by atoms with Crippen LogP contribution in [0.3, 0.4) is 0 Å². The van der Waals surface area contributed by atoms with Crippen LogP contribution in [-0.2, 0) is 15.7 Å². The first-order valence-electron chi connectivity index (χ1n) is 9.27. The van der Waals surface area contributed by atoms with Crippen LogP contribution >= 0.6 is 0 Å². The molecule has 0 saturated heterocycles. The molecule has 0 unspecified atom stereocenters. The number of hydrogen-bond donors (Lipinski definition) is 1. The molecule has 0 fully saturated rings. The Bertz CT molecular complexity index is 1110. The molecule has 0 aliphatic carbocycles. The van der Waals surface area contributed by atoms with E-state index in [1.54, 1.807) is 43.3 Å². The van der Waals surface area contributed by atoms with E-state index in [1.165, 1.54) is 0 Å². The van der Waals surface area contributed by atoms with Gasteiger partial charge in [-0.2, -0.15) is 13.2 Å². The van der Waals surface area contributed by atoms with Crippen molar-refractivity contribution < 1.29 is 27.4 Å². The van der Waals surface area contributed by atoms with E-state index in [4.69, 9.17) is 9.47 Å². The fourth-order valence-electron chi connectivity index (χ4n) is 2.84. The molecule has 1 N–H and O–H groups in total. The molecule has 0 aliphatic heterocycles. The highest BCUT2D eigenvalue weighted by atomic mass is 19.4. The second kappa shape index (κ2) is 8.98. The SMILES string of the molecule is CCOC(=O)CCCOc1ccc2cc(-c3nc(C(F)(F)F)cc(=O)[nH]3)ccc2c1. The Labute approximate surface area is 169 Å². The highest BCUT2D eigenvalue weighted by Gasteiger charge is 2.33. The average molecular weight is 420 g/mol. The number of carbonyl (C=O) groups is 1. The molecular formula is C21H19F3N2O4. The van der Waals surface area contributed by atoms with E-state index in [-0.39, 0.29) is 18.2 Å². The first-order chi connectivity index (χ1) is 14.3. The van der Waals surface area contributed by atoms with Gasteiger partial charge in [-0.25, -0.2) is 4.98 Å². The summed E-state index contributed by atoms with van der Waals surface area (Å²) in [4.78, 5) is 28.8. The summed E-state index contributed by atoms with van der Waals surface area (Å²) >= 11 is 0. The van der Waals surface area contributed by atoms with Crippen molar-refractivity contribution in [2.75, 3.05) is 13.2 Å². The summed E-state index contributed by atoms with van der Waals surface area (Å²) in [5, 5.41) is 1.54. The fraction of sp³-hybridized carbons (Fsp3) is 0.286. The lowest BCUT2D eigenvalue weighted by Gasteiger charge is -2.10. The Kier molecular flexibility index (Phi) is 6.39. The second-order valence-corrected chi connectivity index (χ2v) is 6.46. The molecule has 0 amide bonds. The van der Waals surface area contributed by atoms with Gasteiger partial charge in [0.25, 0.3) is 5.56 Å². The molecule has 1 aromatic heterocycles. The summed E-state index contributed by atoms with van der Waals surface area (Å²) in [5.74, 6) is 0.175. The van der Waals surface area contributed by atoms with E-state index in [9.17, 15) is 22.8 Å². The summed E-state index contributed by atoms with van der Waals surface area (Å²) in [6, 6.07) is 10.6. The lowest BCUT2D eigenvalue weighted by atomic mass is 10.1. The molecule has 0 saturated carbocycles. The first kappa shape index (κ1) is 21.4. The summed E-state index contributed by atoms with van der Waals surface area (Å²) in [6.45, 7) is 2.43. The summed E-state index contributed by atoms with van der Waals surface area (Å²) in [5.41, 5.74) is -1.76. The molecule has 30 heavy (non-hydrogen) atoms. The zero-order valence-electron chi connectivity index (χ0n) is 16.1. The van der Waals surface area contributed by atoms with Crippen molar-refractivity contribution in [3.05, 3.63) is 58.5 Å². The number of halogens is 3. The number of aromatic nitrogens is 2. The maximum absolute atomic E-state index is 12.9. The van der Waals surface area contributed by atoms with Crippen LogP contribution < -0.4 is 10.3 Å². The monoisotopic (exact) mass is 420 g/mol. The van der Waals surface area contributed by atoms with Crippen molar-refractivity contribution in [1.82, 2.24) is 9.97 Å². The van der Waals surface area contributed by atoms with Crippen LogP contribution in [0.1, 0.15) is 25.5 Å². The van der Waals surface area contributed by atoms with Crippen LogP contribution in [0.25, 0.3) is 22.2 Å². The smallest absolute Gasteiger partial charge is 0.433 e. The highest BCUT2D eigenvalue weighted by Crippen LogP contribution is 2.29. The molecule has 2 aromatic carbocycles. The molecule has 9 heteroatoms. The molecular weight excluding hydrogens is 401 g/mol. The quantitative estimate of drug-likeness (QED) is 0.455. The molecule has 3 aromatic rings. The standard InChI is InChI=1S/C21H19F3N2O4/c1-2-29-19(28)4-3-9-30-16-8-7-13-10-15(6-5-14(13)11-16)20-25-17(21(22,23)24)12-18(27)26-20/h5-8,10-12H,2-4,9H2,1H3,(H,25,26,27). The van der Waals surface area contributed by atoms with Crippen molar-refractivity contribution in [1.29, 1.82) is 0 Å². The third-order valence-electron chi connectivity index (χ3n) is 4.22. The predicted octanol–water partition coefficient (Wildman–Crippen LogP) is 4.33. The Morgan fingerprint density at radius 2 is 1.83 bits per heavy atom. The molecule has 158 valence electrons. The van der Waals surface area contributed by atoms with Crippen LogP contribution in [0.5, 0.6) is 5.75 Å². The van der Waals surface area contributed by atoms with Crippen molar-refractivity contribution >= 4 is 16.7 Å². The lowest BCUT2D eigenvalue weighted by Crippen LogP contribution is -2.16. The summed E-state index contributed by atoms with van der Waals surface area (Å²) in [6.07, 6.45) is -3.92. The number of fused-ring (bicyclic) bond motifs is 1. The topological polar surface area (TPSA) is 81.3 Å². The Morgan fingerprint density at radius 1 is 1.10 bits per heavy atom. The number of hydrogen-bond acceptors (Lipinski definition) is 5. The van der Waals surface area contributed by atoms with Gasteiger partial charge in [0, 0.05) is 18.1 Å². The third kappa shape index (κ3) is 5.37. The summed E-state index contributed by atoms with van der Waals surface area (Å²) in [7, 11) is 0. The molecule has 0 radical (unpaired) electrons. The van der Waals surface area contributed by atoms with Crippen molar-refractivity contribution in [3.8, 4) is 17.1 Å². The molecule has 6 nitrogen and oxygen atoms in total. The zero-order chi connectivity index (χ0) is 21.7. The Balaban J connectivity index is 1.75. The van der Waals surface area contributed by atoms with Gasteiger partial charge in [-0.1, -0.05) is 18.2 Å². The third-order valence-corrected chi connectivity index (χ3v) is 4.22. The van der Waals surface area contributed by atoms with Crippen molar-refractivity contribution in [2.24, 2.45) is 0 Å². The predicted molar refractivity (Wildman–Crippen MR) is 104 cm³/mol. The molecule has 1 heterocycles. The number of nitrogens with one attached hydrogen (secondary N) is 1. The first-order valence-corrected chi connectivity index (χ1v) is 9.27. The van der Waals surface area contributed by atoms with Gasteiger partial charge < -0.3 is 14.5 Å². The van der Waals surface area contributed by atoms with Crippen molar-refractivity contribution in [2.45, 2.75) is 25.9 Å². The van der Waals surface area contributed by atoms with Crippen LogP contribution in [0, 0.1) is 0 Å². The Morgan fingerprint density at radius 3 is 2.57 bits per heavy atom. The maximum Gasteiger partial charge on any atom is 0.433 e. The molecule has 0 atom stereocenters. The van der Waals surface area contributed by atoms with Crippen LogP contribution in [0.2, 0.25) is 0 Å². The van der Waals surface area contributed by atoms with Crippen LogP contribution in [0.4, 0.5) is 13.2 Å². The number of H-pyrrole nitrogens is 1. The zero-order valence-corrected chi connectivity index (χ0v) is 16.1. The van der Waals surface area contributed by atoms with Gasteiger partial charge in [-0.05, 0) is 42.3 Å². The van der Waals surface area contributed by atoms with Crippen LogP contribution in [0.15, 0.2) is 47.3 Å². The van der Waals surface area contributed by atoms with E-state index in [0.717, 1.165) is 10.8 Å². The van der Waals surface area contributed by atoms with E-state index in [0.29, 0.717) is 37.0 Å². The lowest BCUT2D eigenvalue weighted by molar-refractivity contribution is -0.143. The van der Waals surface area contributed by atoms with Gasteiger partial charge in [-0.15, -0.1) is 0 Å². The van der Waals surface area contributed by atoms with Gasteiger partial charge in [0.15, 0.2) is 5.69 Å². The molecule has 0 aliphatic rings. The minimum absolute atomic E-state index is 0.156. The van der Waals surface area contributed by atoms with E-state index in [1.807, 2.05) is 0 Å². The van der Waals surface area contributed by atoms with E-state index in [2.05, 4.69) is 9.97 Å². The number of nitrogens with zero attached hydrogens (tertiary/aromatic N) is 1. The summed E-state index contributed by atoms with van der Waals surface area (Å²) < 4.78 is 49.2. The fourth-order valence-corrected chi connectivity index (χ4v) is 2.84. The Hall–Kier alpha value is -3.36. The molecule has 0 spiro atoms. The minimum Gasteiger partial charge on any atom is -0.494 e. The number of alkyl halides is 3. The number of esters is 1. The van der Waals surface area contributed by atoms with E-state index >= 15 is 0 Å². The van der Waals surface area contributed by atoms with Gasteiger partial charge >= 0.3 is 12.1 Å². The molecule has 0 bridgehead atoms. The number of ether oxygens (including phenoxy) is 2. The maximum atomic E-state index is 12.9. The minimum atomic E-state index is -4.71. The number of aromatic amines is 1. The number of rotatable bonds is 7. The van der Waals surface area contributed by atoms with Crippen molar-refractivity contribution in [3.63, 3.8) is 0 Å². The number of benzene rings is 2. The van der Waals surface area contributed by atoms with Gasteiger partial charge in [-0.3, -0.25) is 9.59 Å². The van der Waals surface area contributed by atoms with Gasteiger partial charge in [0.1, 0.15) is 11.6 Å². The normalized spacial score (nSPS) is 11.5. The van der Waals surface area contributed by atoms with E-state index < -0.39 is 17.4 Å². The van der Waals surface area contributed by atoms with Gasteiger partial charge in [0.05, 0.1) is 13.2 Å².